The molecular formula is C13H18ClNO4S. The van der Waals surface area contributed by atoms with Crippen molar-refractivity contribution in [1.29, 1.82) is 0 Å². The molecule has 1 aromatic carbocycles. The first kappa shape index (κ1) is 15.7. The first-order valence-corrected chi connectivity index (χ1v) is 8.27. The summed E-state index contributed by atoms with van der Waals surface area (Å²) in [5.74, 6) is 0. The van der Waals surface area contributed by atoms with Crippen molar-refractivity contribution in [2.45, 2.75) is 42.9 Å². The molecule has 1 aliphatic carbocycles. The first-order valence-electron chi connectivity index (χ1n) is 6.40. The van der Waals surface area contributed by atoms with Gasteiger partial charge < -0.3 is 9.84 Å². The van der Waals surface area contributed by atoms with Gasteiger partial charge in [-0.15, -0.1) is 0 Å². The van der Waals surface area contributed by atoms with Gasteiger partial charge in [-0.25, -0.2) is 13.1 Å². The fraction of sp³-hybridized carbons (Fsp3) is 0.538. The number of methoxy groups -OCH3 is 1. The number of aliphatic hydroxyl groups is 1. The zero-order valence-corrected chi connectivity index (χ0v) is 12.7. The van der Waals surface area contributed by atoms with E-state index >= 15 is 0 Å². The van der Waals surface area contributed by atoms with Crippen molar-refractivity contribution in [2.24, 2.45) is 0 Å². The predicted octanol–water partition coefficient (Wildman–Crippen LogP) is 1.68. The molecule has 0 radical (unpaired) electrons. The van der Waals surface area contributed by atoms with Crippen molar-refractivity contribution in [1.82, 2.24) is 4.72 Å². The number of sulfonamides is 1. The van der Waals surface area contributed by atoms with Crippen LogP contribution in [0.5, 0.6) is 0 Å². The van der Waals surface area contributed by atoms with E-state index in [0.29, 0.717) is 12.0 Å². The van der Waals surface area contributed by atoms with E-state index in [9.17, 15) is 8.42 Å². The van der Waals surface area contributed by atoms with Gasteiger partial charge in [0.25, 0.3) is 0 Å². The fourth-order valence-electron chi connectivity index (χ4n) is 2.37. The third-order valence-corrected chi connectivity index (χ3v) is 5.41. The predicted molar refractivity (Wildman–Crippen MR) is 76.1 cm³/mol. The number of hydrogen-bond donors (Lipinski definition) is 2. The van der Waals surface area contributed by atoms with Gasteiger partial charge >= 0.3 is 0 Å². The van der Waals surface area contributed by atoms with Gasteiger partial charge in [0.1, 0.15) is 0 Å². The summed E-state index contributed by atoms with van der Waals surface area (Å²) in [7, 11) is -1.96. The lowest BCUT2D eigenvalue weighted by Crippen LogP contribution is -2.33. The van der Waals surface area contributed by atoms with Crippen LogP contribution in [0.15, 0.2) is 23.1 Å². The summed E-state index contributed by atoms with van der Waals surface area (Å²) in [6, 6.07) is 4.21. The summed E-state index contributed by atoms with van der Waals surface area (Å²) in [6.07, 6.45) is 2.41. The Kier molecular flexibility index (Phi) is 5.04. The van der Waals surface area contributed by atoms with Crippen molar-refractivity contribution in [3.63, 3.8) is 0 Å². The molecule has 1 aliphatic rings. The second-order valence-corrected chi connectivity index (χ2v) is 7.02. The zero-order valence-electron chi connectivity index (χ0n) is 11.2. The molecule has 0 amide bonds. The van der Waals surface area contributed by atoms with Crippen LogP contribution in [-0.4, -0.2) is 32.8 Å². The van der Waals surface area contributed by atoms with Gasteiger partial charge in [0.15, 0.2) is 0 Å². The zero-order chi connectivity index (χ0) is 14.8. The molecule has 2 unspecified atom stereocenters. The molecule has 0 heterocycles. The highest BCUT2D eigenvalue weighted by atomic mass is 35.5. The Labute approximate surface area is 124 Å². The van der Waals surface area contributed by atoms with Crippen LogP contribution in [0, 0.1) is 0 Å². The smallest absolute Gasteiger partial charge is 0.240 e. The molecule has 20 heavy (non-hydrogen) atoms. The average Bonchev–Trinajstić information content (AvgIpc) is 2.85. The quantitative estimate of drug-likeness (QED) is 0.866. The van der Waals surface area contributed by atoms with Crippen molar-refractivity contribution in [3.8, 4) is 0 Å². The molecule has 0 spiro atoms. The van der Waals surface area contributed by atoms with E-state index in [1.807, 2.05) is 0 Å². The first-order chi connectivity index (χ1) is 9.46. The Morgan fingerprint density at radius 1 is 1.45 bits per heavy atom. The highest BCUT2D eigenvalue weighted by molar-refractivity contribution is 7.89. The summed E-state index contributed by atoms with van der Waals surface area (Å²) in [5.41, 5.74) is 0.505. The van der Waals surface area contributed by atoms with E-state index < -0.39 is 10.0 Å². The molecule has 1 aromatic rings. The van der Waals surface area contributed by atoms with Crippen molar-refractivity contribution < 1.29 is 18.3 Å². The van der Waals surface area contributed by atoms with Crippen LogP contribution in [0.3, 0.4) is 0 Å². The van der Waals surface area contributed by atoms with Gasteiger partial charge in [0.05, 0.1) is 17.6 Å². The maximum atomic E-state index is 12.3. The molecule has 5 nitrogen and oxygen atoms in total. The highest BCUT2D eigenvalue weighted by Gasteiger charge is 2.28. The standard InChI is InChI=1S/C13H18ClNO4S/c1-19-11-4-3-10(6-11)15-20(17,18)12-5-2-9(8-16)13(14)7-12/h2,5,7,10-11,15-16H,3-4,6,8H2,1H3. The number of ether oxygens (including phenoxy) is 1. The lowest BCUT2D eigenvalue weighted by Gasteiger charge is -2.14. The molecule has 7 heteroatoms. The third-order valence-electron chi connectivity index (χ3n) is 3.54. The van der Waals surface area contributed by atoms with Crippen molar-refractivity contribution >= 4 is 21.6 Å². The second-order valence-electron chi connectivity index (χ2n) is 4.90. The van der Waals surface area contributed by atoms with Crippen molar-refractivity contribution in [2.75, 3.05) is 7.11 Å². The summed E-state index contributed by atoms with van der Waals surface area (Å²) in [4.78, 5) is 0.112. The lowest BCUT2D eigenvalue weighted by atomic mass is 10.2. The Morgan fingerprint density at radius 3 is 2.75 bits per heavy atom. The molecule has 112 valence electrons. The van der Waals surface area contributed by atoms with E-state index in [2.05, 4.69) is 4.72 Å². The highest BCUT2D eigenvalue weighted by Crippen LogP contribution is 2.25. The van der Waals surface area contributed by atoms with Crippen LogP contribution in [0.1, 0.15) is 24.8 Å². The number of benzene rings is 1. The second kappa shape index (κ2) is 6.41. The normalized spacial score (nSPS) is 23.1. The van der Waals surface area contributed by atoms with E-state index in [4.69, 9.17) is 21.4 Å². The molecule has 0 aromatic heterocycles. The van der Waals surface area contributed by atoms with E-state index in [-0.39, 0.29) is 28.7 Å². The monoisotopic (exact) mass is 319 g/mol. The Bertz CT molecular complexity index is 576. The van der Waals surface area contributed by atoms with Gasteiger partial charge in [-0.3, -0.25) is 0 Å². The van der Waals surface area contributed by atoms with E-state index in [1.165, 1.54) is 18.2 Å². The maximum absolute atomic E-state index is 12.3. The van der Waals surface area contributed by atoms with Crippen molar-refractivity contribution in [3.05, 3.63) is 28.8 Å². The van der Waals surface area contributed by atoms with Gasteiger partial charge in [-0.05, 0) is 37.0 Å². The van der Waals surface area contributed by atoms with Crippen LogP contribution < -0.4 is 4.72 Å². The molecule has 0 saturated heterocycles. The van der Waals surface area contributed by atoms with Crippen LogP contribution in [0.25, 0.3) is 0 Å². The van der Waals surface area contributed by atoms with Gasteiger partial charge in [-0.1, -0.05) is 17.7 Å². The molecule has 0 aliphatic heterocycles. The molecule has 0 bridgehead atoms. The minimum absolute atomic E-state index is 0.110. The van der Waals surface area contributed by atoms with E-state index in [1.54, 1.807) is 7.11 Å². The number of hydrogen-bond acceptors (Lipinski definition) is 4. The number of rotatable bonds is 5. The minimum Gasteiger partial charge on any atom is -0.392 e. The summed E-state index contributed by atoms with van der Waals surface area (Å²) < 4.78 is 32.4. The van der Waals surface area contributed by atoms with Gasteiger partial charge in [0.2, 0.25) is 10.0 Å². The van der Waals surface area contributed by atoms with E-state index in [0.717, 1.165) is 12.8 Å². The molecule has 2 rings (SSSR count). The van der Waals surface area contributed by atoms with Crippen LogP contribution in [0.4, 0.5) is 0 Å². The fourth-order valence-corrected chi connectivity index (χ4v) is 3.99. The molecule has 2 N–H and O–H groups in total. The average molecular weight is 320 g/mol. The summed E-state index contributed by atoms with van der Waals surface area (Å²) >= 11 is 5.93. The maximum Gasteiger partial charge on any atom is 0.240 e. The number of halogens is 1. The number of aliphatic hydroxyl groups excluding tert-OH is 1. The molecule has 2 atom stereocenters. The third kappa shape index (κ3) is 3.51. The number of nitrogens with one attached hydrogen (secondary N) is 1. The Balaban J connectivity index is 2.12. The SMILES string of the molecule is COC1CCC(NS(=O)(=O)c2ccc(CO)c(Cl)c2)C1. The summed E-state index contributed by atoms with van der Waals surface area (Å²) in [5, 5.41) is 9.28. The van der Waals surface area contributed by atoms with Gasteiger partial charge in [0, 0.05) is 18.2 Å². The van der Waals surface area contributed by atoms with Crippen LogP contribution in [-0.2, 0) is 21.4 Å². The lowest BCUT2D eigenvalue weighted by molar-refractivity contribution is 0.107. The van der Waals surface area contributed by atoms with Gasteiger partial charge in [-0.2, -0.15) is 0 Å². The Morgan fingerprint density at radius 2 is 2.20 bits per heavy atom. The molecule has 1 saturated carbocycles. The topological polar surface area (TPSA) is 75.6 Å². The Hall–Kier alpha value is -0.660. The molecule has 1 fully saturated rings. The minimum atomic E-state index is -3.59. The largest absolute Gasteiger partial charge is 0.392 e. The van der Waals surface area contributed by atoms with Crippen LogP contribution >= 0.6 is 11.6 Å². The molecular weight excluding hydrogens is 302 g/mol. The summed E-state index contributed by atoms with van der Waals surface area (Å²) in [6.45, 7) is -0.218. The van der Waals surface area contributed by atoms with Crippen LogP contribution in [0.2, 0.25) is 5.02 Å².